The van der Waals surface area contributed by atoms with Gasteiger partial charge in [0.15, 0.2) is 5.01 Å². The van der Waals surface area contributed by atoms with Gasteiger partial charge in [-0.1, -0.05) is 30.3 Å². The van der Waals surface area contributed by atoms with Gasteiger partial charge in [0, 0.05) is 37.2 Å². The van der Waals surface area contributed by atoms with Gasteiger partial charge < -0.3 is 0 Å². The van der Waals surface area contributed by atoms with Gasteiger partial charge in [-0.2, -0.15) is 0 Å². The predicted octanol–water partition coefficient (Wildman–Crippen LogP) is 4.63. The summed E-state index contributed by atoms with van der Waals surface area (Å²) < 4.78 is -0.594. The molecule has 0 N–H and O–H groups in total. The third kappa shape index (κ3) is 2.05. The van der Waals surface area contributed by atoms with Gasteiger partial charge in [-0.05, 0) is 11.5 Å². The lowest BCUT2D eigenvalue weighted by atomic mass is 10.1. The quantitative estimate of drug-likeness (QED) is 0.272. The number of alkyl halides is 2. The number of aromatic nitrogens is 1. The van der Waals surface area contributed by atoms with Crippen molar-refractivity contribution in [3.05, 3.63) is 51.5 Å². The number of benzene rings is 2. The van der Waals surface area contributed by atoms with Crippen molar-refractivity contribution < 1.29 is 4.92 Å². The highest BCUT2D eigenvalue weighted by atomic mass is 79.9. The summed E-state index contributed by atoms with van der Waals surface area (Å²) in [7, 11) is 0. The fourth-order valence-corrected chi connectivity index (χ4v) is 3.46. The molecule has 1 aromatic heterocycles. The number of hydrogen-bond acceptors (Lipinski definition) is 4. The van der Waals surface area contributed by atoms with Gasteiger partial charge in [-0.15, -0.1) is 11.3 Å². The third-order valence-electron chi connectivity index (χ3n) is 2.77. The fourth-order valence-electron chi connectivity index (χ4n) is 1.87. The van der Waals surface area contributed by atoms with Crippen molar-refractivity contribution in [2.45, 2.75) is 3.36 Å². The van der Waals surface area contributed by atoms with E-state index in [2.05, 4.69) is 36.8 Å². The van der Waals surface area contributed by atoms with Gasteiger partial charge in [0.1, 0.15) is 0 Å². The lowest BCUT2D eigenvalue weighted by Crippen LogP contribution is -2.20. The first-order valence-electron chi connectivity index (χ1n) is 5.31. The minimum absolute atomic E-state index is 0.379. The van der Waals surface area contributed by atoms with Crippen LogP contribution < -0.4 is 0 Å². The Hall–Kier alpha value is -1.05. The van der Waals surface area contributed by atoms with Crippen LogP contribution in [0.5, 0.6) is 0 Å². The third-order valence-corrected chi connectivity index (χ3v) is 5.75. The maximum Gasteiger partial charge on any atom is 0.377 e. The molecule has 0 fully saturated rings. The van der Waals surface area contributed by atoms with E-state index in [0.717, 1.165) is 21.0 Å². The van der Waals surface area contributed by atoms with E-state index in [-0.39, 0.29) is 0 Å². The van der Waals surface area contributed by atoms with Crippen LogP contribution in [0.15, 0.2) is 36.4 Å². The Balaban J connectivity index is 2.32. The van der Waals surface area contributed by atoms with Crippen LogP contribution in [0.4, 0.5) is 0 Å². The van der Waals surface area contributed by atoms with Crippen molar-refractivity contribution in [2.75, 3.05) is 0 Å². The predicted molar refractivity (Wildman–Crippen MR) is 83.7 cm³/mol. The Labute approximate surface area is 128 Å². The van der Waals surface area contributed by atoms with E-state index in [1.54, 1.807) is 0 Å². The Morgan fingerprint density at radius 2 is 1.95 bits per heavy atom. The molecule has 0 radical (unpaired) electrons. The molecule has 0 bridgehead atoms. The monoisotopic (exact) mass is 400 g/mol. The first-order chi connectivity index (χ1) is 9.00. The molecule has 19 heavy (non-hydrogen) atoms. The summed E-state index contributed by atoms with van der Waals surface area (Å²) in [6.07, 6.45) is 0. The van der Waals surface area contributed by atoms with Gasteiger partial charge in [0.05, 0.1) is 15.1 Å². The lowest BCUT2D eigenvalue weighted by molar-refractivity contribution is -0.510. The zero-order valence-electron chi connectivity index (χ0n) is 9.34. The van der Waals surface area contributed by atoms with Crippen LogP contribution in [0.1, 0.15) is 5.01 Å². The maximum absolute atomic E-state index is 11.0. The highest BCUT2D eigenvalue weighted by Gasteiger charge is 2.42. The molecular formula is C12H6Br2N2O2S. The number of nitro groups is 1. The van der Waals surface area contributed by atoms with Gasteiger partial charge in [0.25, 0.3) is 0 Å². The molecule has 2 aromatic carbocycles. The van der Waals surface area contributed by atoms with Crippen molar-refractivity contribution in [3.8, 4) is 0 Å². The molecule has 0 atom stereocenters. The molecule has 0 saturated heterocycles. The van der Waals surface area contributed by atoms with E-state index in [9.17, 15) is 10.1 Å². The largest absolute Gasteiger partial charge is 0.377 e. The Morgan fingerprint density at radius 1 is 1.21 bits per heavy atom. The summed E-state index contributed by atoms with van der Waals surface area (Å²) in [5.74, 6) is 0. The Kier molecular flexibility index (Phi) is 3.07. The van der Waals surface area contributed by atoms with Crippen LogP contribution >= 0.6 is 43.2 Å². The van der Waals surface area contributed by atoms with E-state index in [1.165, 1.54) is 11.3 Å². The summed E-state index contributed by atoms with van der Waals surface area (Å²) >= 11 is 7.43. The summed E-state index contributed by atoms with van der Waals surface area (Å²) in [6, 6.07) is 11.8. The maximum atomic E-state index is 11.0. The van der Waals surface area contributed by atoms with E-state index >= 15 is 0 Å². The standard InChI is InChI=1S/C12H6Br2N2O2S/c13-12(14,16(17)18)11-15-10-8-4-2-1-3-7(8)5-6-9(10)19-11/h1-6H. The minimum Gasteiger partial charge on any atom is -0.262 e. The normalized spacial score (nSPS) is 12.1. The summed E-state index contributed by atoms with van der Waals surface area (Å²) in [5.41, 5.74) is 0.795. The van der Waals surface area contributed by atoms with Crippen molar-refractivity contribution in [2.24, 2.45) is 0 Å². The Morgan fingerprint density at radius 3 is 2.68 bits per heavy atom. The number of halogens is 2. The average Bonchev–Trinajstić information content (AvgIpc) is 2.83. The van der Waals surface area contributed by atoms with E-state index in [0.29, 0.717) is 5.01 Å². The smallest absolute Gasteiger partial charge is 0.262 e. The minimum atomic E-state index is -1.52. The average molecular weight is 402 g/mol. The molecule has 0 spiro atoms. The van der Waals surface area contributed by atoms with E-state index in [1.807, 2.05) is 36.4 Å². The van der Waals surface area contributed by atoms with E-state index < -0.39 is 8.28 Å². The second-order valence-corrected chi connectivity index (χ2v) is 8.34. The van der Waals surface area contributed by atoms with Gasteiger partial charge in [-0.3, -0.25) is 10.1 Å². The second kappa shape index (κ2) is 4.50. The number of thiazole rings is 1. The van der Waals surface area contributed by atoms with Crippen molar-refractivity contribution >= 4 is 64.2 Å². The van der Waals surface area contributed by atoms with E-state index in [4.69, 9.17) is 0 Å². The first kappa shape index (κ1) is 13.0. The molecule has 7 heteroatoms. The van der Waals surface area contributed by atoms with Crippen LogP contribution in [-0.4, -0.2) is 9.91 Å². The van der Waals surface area contributed by atoms with Crippen LogP contribution in [0.25, 0.3) is 21.0 Å². The SMILES string of the molecule is O=[N+]([O-])C(Br)(Br)c1nc2c(ccc3ccccc32)s1. The lowest BCUT2D eigenvalue weighted by Gasteiger charge is -2.06. The highest BCUT2D eigenvalue weighted by Crippen LogP contribution is 2.43. The molecule has 4 nitrogen and oxygen atoms in total. The summed E-state index contributed by atoms with van der Waals surface area (Å²) in [4.78, 5) is 15.0. The molecule has 0 aliphatic rings. The van der Waals surface area contributed by atoms with Crippen LogP contribution in [0.3, 0.4) is 0 Å². The summed E-state index contributed by atoms with van der Waals surface area (Å²) in [5, 5.41) is 13.5. The molecule has 3 rings (SSSR count). The molecule has 0 saturated carbocycles. The topological polar surface area (TPSA) is 56.0 Å². The Bertz CT molecular complexity index is 801. The molecule has 0 aliphatic heterocycles. The molecule has 3 aromatic rings. The first-order valence-corrected chi connectivity index (χ1v) is 7.71. The number of rotatable bonds is 2. The van der Waals surface area contributed by atoms with Crippen LogP contribution in [0, 0.1) is 10.1 Å². The number of hydrogen-bond donors (Lipinski definition) is 0. The fraction of sp³-hybridized carbons (Fsp3) is 0.0833. The van der Waals surface area contributed by atoms with Crippen molar-refractivity contribution in [3.63, 3.8) is 0 Å². The highest BCUT2D eigenvalue weighted by molar-refractivity contribution is 9.24. The van der Waals surface area contributed by atoms with Gasteiger partial charge >= 0.3 is 3.36 Å². The zero-order chi connectivity index (χ0) is 13.6. The zero-order valence-corrected chi connectivity index (χ0v) is 13.3. The molecular weight excluding hydrogens is 396 g/mol. The van der Waals surface area contributed by atoms with Crippen LogP contribution in [-0.2, 0) is 3.36 Å². The molecule has 0 amide bonds. The van der Waals surface area contributed by atoms with Crippen molar-refractivity contribution in [1.29, 1.82) is 0 Å². The van der Waals surface area contributed by atoms with Crippen molar-refractivity contribution in [1.82, 2.24) is 4.98 Å². The number of nitrogens with zero attached hydrogens (tertiary/aromatic N) is 2. The second-order valence-electron chi connectivity index (χ2n) is 3.95. The molecule has 0 aliphatic carbocycles. The van der Waals surface area contributed by atoms with Gasteiger partial charge in [-0.25, -0.2) is 4.98 Å². The molecule has 96 valence electrons. The van der Waals surface area contributed by atoms with Gasteiger partial charge in [0.2, 0.25) is 0 Å². The number of fused-ring (bicyclic) bond motifs is 3. The molecule has 0 unspecified atom stereocenters. The summed E-state index contributed by atoms with van der Waals surface area (Å²) in [6.45, 7) is 0. The van der Waals surface area contributed by atoms with Crippen LogP contribution in [0.2, 0.25) is 0 Å². The molecule has 1 heterocycles.